The Balaban J connectivity index is 0.00000220. The first kappa shape index (κ1) is 17.8. The van der Waals surface area contributed by atoms with E-state index in [4.69, 9.17) is 17.3 Å². The van der Waals surface area contributed by atoms with Crippen LogP contribution in [0.5, 0.6) is 0 Å². The number of halogens is 2. The van der Waals surface area contributed by atoms with Crippen LogP contribution in [0.25, 0.3) is 0 Å². The van der Waals surface area contributed by atoms with Gasteiger partial charge in [0.15, 0.2) is 5.96 Å². The van der Waals surface area contributed by atoms with E-state index in [0.717, 1.165) is 17.1 Å². The number of benzene rings is 2. The summed E-state index contributed by atoms with van der Waals surface area (Å²) in [5, 5.41) is 3.82. The third-order valence-electron chi connectivity index (χ3n) is 2.92. The van der Waals surface area contributed by atoms with Gasteiger partial charge in [-0.1, -0.05) is 41.4 Å². The lowest BCUT2D eigenvalue weighted by molar-refractivity contribution is 0.965. The first-order valence-electron chi connectivity index (χ1n) is 6.51. The Hall–Kier alpha value is -1.27. The van der Waals surface area contributed by atoms with Gasteiger partial charge >= 0.3 is 0 Å². The Morgan fingerprint density at radius 2 is 1.71 bits per heavy atom. The number of hydrogen-bond donors (Lipinski definition) is 2. The van der Waals surface area contributed by atoms with E-state index in [1.165, 1.54) is 11.1 Å². The van der Waals surface area contributed by atoms with Crippen LogP contribution >= 0.6 is 35.6 Å². The van der Waals surface area contributed by atoms with Gasteiger partial charge in [0.2, 0.25) is 0 Å². The van der Waals surface area contributed by atoms with Crippen LogP contribution in [0.4, 0.5) is 5.69 Å². The summed E-state index contributed by atoms with van der Waals surface area (Å²) in [5.74, 6) is 0.433. The Bertz CT molecular complexity index is 579. The maximum Gasteiger partial charge on any atom is 0.193 e. The average Bonchev–Trinajstić information content (AvgIpc) is 2.44. The van der Waals surface area contributed by atoms with Crippen LogP contribution in [0.3, 0.4) is 0 Å². The minimum Gasteiger partial charge on any atom is -0.370 e. The molecule has 0 bridgehead atoms. The third kappa shape index (κ3) is 6.35. The van der Waals surface area contributed by atoms with Crippen LogP contribution in [0.1, 0.15) is 11.1 Å². The Labute approximate surface area is 147 Å². The molecule has 0 aliphatic carbocycles. The lowest BCUT2D eigenvalue weighted by atomic mass is 10.1. The number of nitrogens with zero attached hydrogens (tertiary/aromatic N) is 1. The first-order chi connectivity index (χ1) is 9.63. The van der Waals surface area contributed by atoms with Crippen molar-refractivity contribution >= 4 is 47.2 Å². The largest absolute Gasteiger partial charge is 0.370 e. The molecule has 0 spiro atoms. The van der Waals surface area contributed by atoms with E-state index in [1.807, 2.05) is 55.5 Å². The molecular weight excluding hydrogens is 397 g/mol. The number of rotatable bonds is 4. The number of nitrogens with one attached hydrogen (secondary N) is 1. The van der Waals surface area contributed by atoms with Crippen LogP contribution in [-0.4, -0.2) is 12.5 Å². The van der Waals surface area contributed by atoms with Crippen molar-refractivity contribution in [3.63, 3.8) is 0 Å². The fraction of sp³-hybridized carbons (Fsp3) is 0.188. The molecule has 0 amide bonds. The molecular formula is C16H19ClIN3. The highest BCUT2D eigenvalue weighted by molar-refractivity contribution is 14.0. The van der Waals surface area contributed by atoms with Crippen molar-refractivity contribution in [1.82, 2.24) is 0 Å². The summed E-state index contributed by atoms with van der Waals surface area (Å²) in [5.41, 5.74) is 9.21. The summed E-state index contributed by atoms with van der Waals surface area (Å²) >= 11 is 5.84. The lowest BCUT2D eigenvalue weighted by Gasteiger charge is -2.06. The molecule has 0 aliphatic heterocycles. The highest BCUT2D eigenvalue weighted by Crippen LogP contribution is 2.10. The summed E-state index contributed by atoms with van der Waals surface area (Å²) < 4.78 is 0. The number of hydrogen-bond acceptors (Lipinski definition) is 1. The molecule has 0 aliphatic rings. The van der Waals surface area contributed by atoms with E-state index in [9.17, 15) is 0 Å². The van der Waals surface area contributed by atoms with Crippen LogP contribution in [-0.2, 0) is 6.42 Å². The molecule has 2 rings (SSSR count). The van der Waals surface area contributed by atoms with Crippen molar-refractivity contribution in [3.8, 4) is 0 Å². The Morgan fingerprint density at radius 1 is 1.10 bits per heavy atom. The monoisotopic (exact) mass is 415 g/mol. The molecule has 0 saturated heterocycles. The van der Waals surface area contributed by atoms with E-state index in [1.54, 1.807) is 0 Å². The molecule has 3 nitrogen and oxygen atoms in total. The lowest BCUT2D eigenvalue weighted by Crippen LogP contribution is -2.23. The molecule has 0 saturated carbocycles. The number of aliphatic imine (C=N–C) groups is 1. The van der Waals surface area contributed by atoms with Gasteiger partial charge in [0.1, 0.15) is 0 Å². The quantitative estimate of drug-likeness (QED) is 0.446. The standard InChI is InChI=1S/C16H18ClN3.HI/c1-12-2-8-15(9-3-12)20-16(18)19-11-10-13-4-6-14(17)7-5-13;/h2-9H,10-11H2,1H3,(H3,18,19,20);1H. The van der Waals surface area contributed by atoms with Gasteiger partial charge in [0.05, 0.1) is 0 Å². The van der Waals surface area contributed by atoms with E-state index >= 15 is 0 Å². The summed E-state index contributed by atoms with van der Waals surface area (Å²) in [7, 11) is 0. The topological polar surface area (TPSA) is 50.4 Å². The molecule has 0 fully saturated rings. The van der Waals surface area contributed by atoms with Crippen molar-refractivity contribution in [2.24, 2.45) is 10.7 Å². The second-order valence-electron chi connectivity index (χ2n) is 4.63. The van der Waals surface area contributed by atoms with Gasteiger partial charge in [-0.2, -0.15) is 0 Å². The SMILES string of the molecule is Cc1ccc(NC(N)=NCCc2ccc(Cl)cc2)cc1.I. The second-order valence-corrected chi connectivity index (χ2v) is 5.07. The van der Waals surface area contributed by atoms with Gasteiger partial charge in [0, 0.05) is 17.3 Å². The minimum atomic E-state index is 0. The number of aryl methyl sites for hydroxylation is 1. The number of anilines is 1. The maximum absolute atomic E-state index is 5.85. The highest BCUT2D eigenvalue weighted by Gasteiger charge is 1.96. The maximum atomic E-state index is 5.85. The summed E-state index contributed by atoms with van der Waals surface area (Å²) in [6, 6.07) is 15.8. The molecule has 5 heteroatoms. The number of guanidine groups is 1. The molecule has 0 heterocycles. The first-order valence-corrected chi connectivity index (χ1v) is 6.89. The molecule has 2 aromatic carbocycles. The smallest absolute Gasteiger partial charge is 0.193 e. The molecule has 2 aromatic rings. The van der Waals surface area contributed by atoms with Crippen LogP contribution < -0.4 is 11.1 Å². The Kier molecular flexibility index (Phi) is 7.53. The van der Waals surface area contributed by atoms with Crippen molar-refractivity contribution in [2.45, 2.75) is 13.3 Å². The Morgan fingerprint density at radius 3 is 2.33 bits per heavy atom. The zero-order chi connectivity index (χ0) is 14.4. The molecule has 0 atom stereocenters. The van der Waals surface area contributed by atoms with Gasteiger partial charge in [0.25, 0.3) is 0 Å². The van der Waals surface area contributed by atoms with E-state index < -0.39 is 0 Å². The van der Waals surface area contributed by atoms with E-state index in [2.05, 4.69) is 10.3 Å². The van der Waals surface area contributed by atoms with E-state index in [0.29, 0.717) is 12.5 Å². The molecule has 0 unspecified atom stereocenters. The van der Waals surface area contributed by atoms with Gasteiger partial charge in [-0.3, -0.25) is 4.99 Å². The van der Waals surface area contributed by atoms with Gasteiger partial charge in [-0.15, -0.1) is 24.0 Å². The summed E-state index contributed by atoms with van der Waals surface area (Å²) in [4.78, 5) is 4.31. The van der Waals surface area contributed by atoms with Crippen molar-refractivity contribution < 1.29 is 0 Å². The fourth-order valence-corrected chi connectivity index (χ4v) is 1.91. The van der Waals surface area contributed by atoms with E-state index in [-0.39, 0.29) is 24.0 Å². The van der Waals surface area contributed by atoms with Gasteiger partial charge < -0.3 is 11.1 Å². The highest BCUT2D eigenvalue weighted by atomic mass is 127. The van der Waals surface area contributed by atoms with Crippen molar-refractivity contribution in [2.75, 3.05) is 11.9 Å². The van der Waals surface area contributed by atoms with Crippen LogP contribution in [0, 0.1) is 6.92 Å². The fourth-order valence-electron chi connectivity index (χ4n) is 1.78. The molecule has 112 valence electrons. The predicted octanol–water partition coefficient (Wildman–Crippen LogP) is 4.24. The third-order valence-corrected chi connectivity index (χ3v) is 3.17. The molecule has 21 heavy (non-hydrogen) atoms. The molecule has 0 radical (unpaired) electrons. The number of nitrogens with two attached hydrogens (primary N) is 1. The zero-order valence-electron chi connectivity index (χ0n) is 11.8. The van der Waals surface area contributed by atoms with Crippen molar-refractivity contribution in [3.05, 3.63) is 64.7 Å². The van der Waals surface area contributed by atoms with Gasteiger partial charge in [-0.05, 0) is 43.2 Å². The van der Waals surface area contributed by atoms with Gasteiger partial charge in [-0.25, -0.2) is 0 Å². The minimum absolute atomic E-state index is 0. The predicted molar refractivity (Wildman–Crippen MR) is 102 cm³/mol. The average molecular weight is 416 g/mol. The molecule has 3 N–H and O–H groups in total. The normalized spacial score (nSPS) is 10.9. The molecule has 0 aromatic heterocycles. The van der Waals surface area contributed by atoms with Crippen LogP contribution in [0.15, 0.2) is 53.5 Å². The second kappa shape index (κ2) is 8.89. The zero-order valence-corrected chi connectivity index (χ0v) is 14.9. The summed E-state index contributed by atoms with van der Waals surface area (Å²) in [6.07, 6.45) is 0.841. The van der Waals surface area contributed by atoms with Crippen molar-refractivity contribution in [1.29, 1.82) is 0 Å². The summed E-state index contributed by atoms with van der Waals surface area (Å²) in [6.45, 7) is 2.69. The van der Waals surface area contributed by atoms with Crippen LogP contribution in [0.2, 0.25) is 5.02 Å².